The Morgan fingerprint density at radius 3 is 2.31 bits per heavy atom. The zero-order chi connectivity index (χ0) is 24.6. The Kier molecular flexibility index (Phi) is 7.57. The Morgan fingerprint density at radius 1 is 0.886 bits per heavy atom. The van der Waals surface area contributed by atoms with Crippen LogP contribution >= 0.6 is 0 Å². The number of hydrogen-bond acceptors (Lipinski definition) is 4. The second kappa shape index (κ2) is 11.2. The predicted molar refractivity (Wildman–Crippen MR) is 139 cm³/mol. The molecule has 3 aromatic carbocycles. The summed E-state index contributed by atoms with van der Waals surface area (Å²) in [5, 5.41) is 9.27. The number of rotatable bonds is 8. The molecule has 0 aliphatic heterocycles. The van der Waals surface area contributed by atoms with E-state index in [2.05, 4.69) is 34.8 Å². The third-order valence-electron chi connectivity index (χ3n) is 5.18. The first kappa shape index (κ1) is 23.8. The number of anilines is 2. The summed E-state index contributed by atoms with van der Waals surface area (Å²) >= 11 is 0. The lowest BCUT2D eigenvalue weighted by atomic mass is 10.1. The minimum absolute atomic E-state index is 0.213. The van der Waals surface area contributed by atoms with E-state index in [-0.39, 0.29) is 11.6 Å². The number of nitrogens with one attached hydrogen (secondary N) is 3. The second-order valence-electron chi connectivity index (χ2n) is 8.53. The van der Waals surface area contributed by atoms with Gasteiger partial charge >= 0.3 is 6.03 Å². The summed E-state index contributed by atoms with van der Waals surface area (Å²) in [4.78, 5) is 30.2. The van der Waals surface area contributed by atoms with Crippen LogP contribution in [0.5, 0.6) is 5.75 Å². The standard InChI is InChI=1S/C28H28N4O3/c1-19(2)18-35-25-16-24(27(33)29-17-20-10-5-3-6-11-20)31-26-22(25)14-9-15-23(26)32-28(34)30-21-12-7-4-8-13-21/h3-16,19H,17-18H2,1-2H3,(H,29,33)(H2,30,32,34). The van der Waals surface area contributed by atoms with Gasteiger partial charge in [0, 0.05) is 23.7 Å². The fourth-order valence-corrected chi connectivity index (χ4v) is 3.49. The van der Waals surface area contributed by atoms with Crippen LogP contribution in [0.15, 0.2) is 84.9 Å². The monoisotopic (exact) mass is 468 g/mol. The Labute approximate surface area is 204 Å². The summed E-state index contributed by atoms with van der Waals surface area (Å²) in [6.07, 6.45) is 0. The molecule has 0 unspecified atom stereocenters. The third kappa shape index (κ3) is 6.35. The van der Waals surface area contributed by atoms with E-state index in [1.165, 1.54) is 0 Å². The van der Waals surface area contributed by atoms with Gasteiger partial charge in [-0.05, 0) is 35.7 Å². The molecular weight excluding hydrogens is 440 g/mol. The van der Waals surface area contributed by atoms with Gasteiger partial charge in [0.15, 0.2) is 0 Å². The summed E-state index contributed by atoms with van der Waals surface area (Å²) in [5.74, 6) is 0.515. The number of aromatic nitrogens is 1. The number of fused-ring (bicyclic) bond motifs is 1. The zero-order valence-electron chi connectivity index (χ0n) is 19.7. The summed E-state index contributed by atoms with van der Waals surface area (Å²) in [5.41, 5.74) is 2.81. The summed E-state index contributed by atoms with van der Waals surface area (Å²) in [6.45, 7) is 4.97. The van der Waals surface area contributed by atoms with Crippen molar-refractivity contribution in [1.29, 1.82) is 0 Å². The van der Waals surface area contributed by atoms with Crippen LogP contribution in [0.3, 0.4) is 0 Å². The van der Waals surface area contributed by atoms with Gasteiger partial charge in [0.2, 0.25) is 0 Å². The lowest BCUT2D eigenvalue weighted by Crippen LogP contribution is -2.24. The average molecular weight is 469 g/mol. The highest BCUT2D eigenvalue weighted by molar-refractivity contribution is 6.07. The lowest BCUT2D eigenvalue weighted by molar-refractivity contribution is 0.0945. The van der Waals surface area contributed by atoms with Crippen molar-refractivity contribution in [2.75, 3.05) is 17.2 Å². The minimum atomic E-state index is -0.408. The summed E-state index contributed by atoms with van der Waals surface area (Å²) in [7, 11) is 0. The van der Waals surface area contributed by atoms with Crippen molar-refractivity contribution >= 4 is 34.2 Å². The Bertz CT molecular complexity index is 1310. The maximum atomic E-state index is 13.0. The van der Waals surface area contributed by atoms with Crippen molar-refractivity contribution in [3.8, 4) is 5.75 Å². The molecule has 0 spiro atoms. The quantitative estimate of drug-likeness (QED) is 0.303. The van der Waals surface area contributed by atoms with Crippen LogP contribution < -0.4 is 20.7 Å². The van der Waals surface area contributed by atoms with Crippen LogP contribution in [-0.2, 0) is 6.54 Å². The maximum Gasteiger partial charge on any atom is 0.323 e. The molecular formula is C28H28N4O3. The number of pyridine rings is 1. The first-order valence-electron chi connectivity index (χ1n) is 11.5. The first-order chi connectivity index (χ1) is 17.0. The Morgan fingerprint density at radius 2 is 1.60 bits per heavy atom. The largest absolute Gasteiger partial charge is 0.493 e. The molecule has 1 heterocycles. The second-order valence-corrected chi connectivity index (χ2v) is 8.53. The lowest BCUT2D eigenvalue weighted by Gasteiger charge is -2.15. The number of nitrogens with zero attached hydrogens (tertiary/aromatic N) is 1. The molecule has 0 saturated heterocycles. The highest BCUT2D eigenvalue weighted by Crippen LogP contribution is 2.31. The normalized spacial score (nSPS) is 10.7. The number of para-hydroxylation sites is 2. The van der Waals surface area contributed by atoms with Gasteiger partial charge in [-0.25, -0.2) is 9.78 Å². The zero-order valence-corrected chi connectivity index (χ0v) is 19.7. The van der Waals surface area contributed by atoms with Crippen molar-refractivity contribution in [2.45, 2.75) is 20.4 Å². The van der Waals surface area contributed by atoms with Crippen LogP contribution in [0.2, 0.25) is 0 Å². The van der Waals surface area contributed by atoms with Crippen LogP contribution in [0, 0.1) is 5.92 Å². The number of carbonyl (C=O) groups excluding carboxylic acids is 2. The van der Waals surface area contributed by atoms with E-state index in [1.807, 2.05) is 60.7 Å². The van der Waals surface area contributed by atoms with E-state index in [4.69, 9.17) is 4.74 Å². The molecule has 4 aromatic rings. The third-order valence-corrected chi connectivity index (χ3v) is 5.18. The van der Waals surface area contributed by atoms with Gasteiger partial charge in [0.25, 0.3) is 5.91 Å². The van der Waals surface area contributed by atoms with E-state index < -0.39 is 6.03 Å². The van der Waals surface area contributed by atoms with E-state index >= 15 is 0 Å². The molecule has 0 fully saturated rings. The number of urea groups is 1. The van der Waals surface area contributed by atoms with E-state index in [9.17, 15) is 9.59 Å². The van der Waals surface area contributed by atoms with Gasteiger partial charge in [0.05, 0.1) is 17.8 Å². The topological polar surface area (TPSA) is 92.3 Å². The number of amides is 3. The van der Waals surface area contributed by atoms with Crippen molar-refractivity contribution in [1.82, 2.24) is 10.3 Å². The van der Waals surface area contributed by atoms with E-state index in [0.29, 0.717) is 47.1 Å². The van der Waals surface area contributed by atoms with Crippen LogP contribution in [0.25, 0.3) is 10.9 Å². The van der Waals surface area contributed by atoms with Crippen molar-refractivity contribution in [2.24, 2.45) is 5.92 Å². The number of benzene rings is 3. The molecule has 0 bridgehead atoms. The molecule has 0 atom stereocenters. The molecule has 7 nitrogen and oxygen atoms in total. The van der Waals surface area contributed by atoms with Gasteiger partial charge < -0.3 is 20.7 Å². The minimum Gasteiger partial charge on any atom is -0.493 e. The molecule has 3 N–H and O–H groups in total. The van der Waals surface area contributed by atoms with Gasteiger partial charge in [-0.15, -0.1) is 0 Å². The van der Waals surface area contributed by atoms with Crippen molar-refractivity contribution in [3.63, 3.8) is 0 Å². The highest BCUT2D eigenvalue weighted by Gasteiger charge is 2.17. The molecule has 0 aliphatic carbocycles. The van der Waals surface area contributed by atoms with Gasteiger partial charge in [-0.1, -0.05) is 68.4 Å². The van der Waals surface area contributed by atoms with Crippen LogP contribution in [0.4, 0.5) is 16.2 Å². The first-order valence-corrected chi connectivity index (χ1v) is 11.5. The SMILES string of the molecule is CC(C)COc1cc(C(=O)NCc2ccccc2)nc2c(NC(=O)Nc3ccccc3)cccc12. The smallest absolute Gasteiger partial charge is 0.323 e. The molecule has 35 heavy (non-hydrogen) atoms. The van der Waals surface area contributed by atoms with Gasteiger partial charge in [-0.2, -0.15) is 0 Å². The molecule has 0 saturated carbocycles. The molecule has 1 aromatic heterocycles. The maximum absolute atomic E-state index is 13.0. The van der Waals surface area contributed by atoms with Crippen LogP contribution in [0.1, 0.15) is 29.9 Å². The van der Waals surface area contributed by atoms with Crippen molar-refractivity contribution in [3.05, 3.63) is 96.2 Å². The number of ether oxygens (including phenoxy) is 1. The summed E-state index contributed by atoms with van der Waals surface area (Å²) < 4.78 is 6.04. The predicted octanol–water partition coefficient (Wildman–Crippen LogP) is 5.84. The number of carbonyl (C=O) groups is 2. The Balaban J connectivity index is 1.63. The fraction of sp³-hybridized carbons (Fsp3) is 0.179. The molecule has 0 aliphatic rings. The summed E-state index contributed by atoms with van der Waals surface area (Å²) in [6, 6.07) is 25.5. The fourth-order valence-electron chi connectivity index (χ4n) is 3.49. The van der Waals surface area contributed by atoms with Crippen LogP contribution in [-0.4, -0.2) is 23.5 Å². The van der Waals surface area contributed by atoms with Gasteiger partial charge in [-0.3, -0.25) is 4.79 Å². The molecule has 178 valence electrons. The Hall–Kier alpha value is -4.39. The molecule has 0 radical (unpaired) electrons. The van der Waals surface area contributed by atoms with Crippen molar-refractivity contribution < 1.29 is 14.3 Å². The van der Waals surface area contributed by atoms with E-state index in [1.54, 1.807) is 24.3 Å². The molecule has 3 amide bonds. The number of hydrogen-bond donors (Lipinski definition) is 3. The highest BCUT2D eigenvalue weighted by atomic mass is 16.5. The molecule has 4 rings (SSSR count). The average Bonchev–Trinajstić information content (AvgIpc) is 2.87. The van der Waals surface area contributed by atoms with Gasteiger partial charge in [0.1, 0.15) is 11.4 Å². The molecule has 7 heteroatoms. The van der Waals surface area contributed by atoms with E-state index in [0.717, 1.165) is 5.56 Å².